The summed E-state index contributed by atoms with van der Waals surface area (Å²) >= 11 is 3.41. The molecule has 0 fully saturated rings. The zero-order valence-corrected chi connectivity index (χ0v) is 11.7. The summed E-state index contributed by atoms with van der Waals surface area (Å²) in [6, 6.07) is 3.66. The van der Waals surface area contributed by atoms with E-state index in [4.69, 9.17) is 0 Å². The van der Waals surface area contributed by atoms with Gasteiger partial charge in [0.05, 0.1) is 5.56 Å². The quantitative estimate of drug-likeness (QED) is 0.800. The lowest BCUT2D eigenvalue weighted by Crippen LogP contribution is -2.46. The number of nitrogens with zero attached hydrogens (tertiary/aromatic N) is 2. The molecule has 16 heavy (non-hydrogen) atoms. The first-order chi connectivity index (χ1) is 7.38. The van der Waals surface area contributed by atoms with Gasteiger partial charge in [-0.25, -0.2) is 0 Å². The minimum absolute atomic E-state index is 0.00282. The molecule has 0 unspecified atom stereocenters. The predicted octanol–water partition coefficient (Wildman–Crippen LogP) is 2.64. The molecule has 3 nitrogen and oxygen atoms in total. The fourth-order valence-corrected chi connectivity index (χ4v) is 1.53. The number of halogens is 1. The number of alkyl halides is 1. The van der Waals surface area contributed by atoms with E-state index in [1.54, 1.807) is 11.1 Å². The van der Waals surface area contributed by atoms with Crippen LogP contribution in [0.1, 0.15) is 29.9 Å². The van der Waals surface area contributed by atoms with Crippen LogP contribution < -0.4 is 0 Å². The molecular formula is C12H17BrN2O. The van der Waals surface area contributed by atoms with Gasteiger partial charge in [0.1, 0.15) is 0 Å². The Labute approximate surface area is 105 Å². The van der Waals surface area contributed by atoms with Gasteiger partial charge < -0.3 is 4.90 Å². The smallest absolute Gasteiger partial charge is 0.255 e. The van der Waals surface area contributed by atoms with Gasteiger partial charge >= 0.3 is 0 Å². The molecule has 0 aromatic carbocycles. The second-order valence-electron chi connectivity index (χ2n) is 4.50. The van der Waals surface area contributed by atoms with Crippen LogP contribution in [0, 0.1) is 6.92 Å². The van der Waals surface area contributed by atoms with Crippen molar-refractivity contribution in [2.75, 3.05) is 12.4 Å². The summed E-state index contributed by atoms with van der Waals surface area (Å²) in [6.45, 7) is 5.93. The van der Waals surface area contributed by atoms with Crippen LogP contribution in [-0.2, 0) is 0 Å². The second-order valence-corrected chi connectivity index (χ2v) is 5.06. The number of aromatic nitrogens is 1. The zero-order valence-electron chi connectivity index (χ0n) is 10.1. The van der Waals surface area contributed by atoms with Gasteiger partial charge in [0.25, 0.3) is 5.91 Å². The van der Waals surface area contributed by atoms with Crippen molar-refractivity contribution in [1.29, 1.82) is 0 Å². The van der Waals surface area contributed by atoms with Crippen LogP contribution in [0.2, 0.25) is 0 Å². The molecule has 0 saturated heterocycles. The molecule has 0 bridgehead atoms. The van der Waals surface area contributed by atoms with Crippen molar-refractivity contribution in [3.63, 3.8) is 0 Å². The summed E-state index contributed by atoms with van der Waals surface area (Å²) in [6.07, 6.45) is 1.62. The molecule has 0 N–H and O–H groups in total. The maximum absolute atomic E-state index is 12.1. The SMILES string of the molecule is Cc1ccc(C(=O)N(C)C(C)(C)CBr)cn1. The van der Waals surface area contributed by atoms with E-state index < -0.39 is 0 Å². The molecule has 0 spiro atoms. The Morgan fingerprint density at radius 2 is 2.12 bits per heavy atom. The summed E-state index contributed by atoms with van der Waals surface area (Å²) in [4.78, 5) is 18.0. The van der Waals surface area contributed by atoms with E-state index in [1.807, 2.05) is 40.0 Å². The van der Waals surface area contributed by atoms with Gasteiger partial charge in [-0.2, -0.15) is 0 Å². The van der Waals surface area contributed by atoms with Gasteiger partial charge in [-0.05, 0) is 32.9 Å². The minimum Gasteiger partial charge on any atom is -0.336 e. The third-order valence-electron chi connectivity index (χ3n) is 2.70. The Hall–Kier alpha value is -0.900. The van der Waals surface area contributed by atoms with Gasteiger partial charge in [0.15, 0.2) is 0 Å². The Morgan fingerprint density at radius 3 is 2.56 bits per heavy atom. The Kier molecular flexibility index (Phi) is 4.08. The number of hydrogen-bond acceptors (Lipinski definition) is 2. The van der Waals surface area contributed by atoms with E-state index >= 15 is 0 Å². The van der Waals surface area contributed by atoms with Crippen LogP contribution in [0.5, 0.6) is 0 Å². The van der Waals surface area contributed by atoms with Crippen LogP contribution in [0.15, 0.2) is 18.3 Å². The first kappa shape index (κ1) is 13.2. The van der Waals surface area contributed by atoms with Crippen LogP contribution in [0.3, 0.4) is 0 Å². The molecule has 0 atom stereocenters. The normalized spacial score (nSPS) is 11.3. The number of aryl methyl sites for hydroxylation is 1. The van der Waals surface area contributed by atoms with E-state index in [0.717, 1.165) is 11.0 Å². The van der Waals surface area contributed by atoms with Gasteiger partial charge in [-0.15, -0.1) is 0 Å². The van der Waals surface area contributed by atoms with Crippen molar-refractivity contribution in [2.24, 2.45) is 0 Å². The summed E-state index contributed by atoms with van der Waals surface area (Å²) in [5.74, 6) is -0.00282. The van der Waals surface area contributed by atoms with Crippen molar-refractivity contribution in [1.82, 2.24) is 9.88 Å². The van der Waals surface area contributed by atoms with Crippen molar-refractivity contribution >= 4 is 21.8 Å². The van der Waals surface area contributed by atoms with Crippen LogP contribution in [-0.4, -0.2) is 33.7 Å². The van der Waals surface area contributed by atoms with Gasteiger partial charge in [-0.1, -0.05) is 15.9 Å². The predicted molar refractivity (Wildman–Crippen MR) is 68.9 cm³/mol. The second kappa shape index (κ2) is 4.95. The first-order valence-corrected chi connectivity index (χ1v) is 6.27. The first-order valence-electron chi connectivity index (χ1n) is 5.15. The minimum atomic E-state index is -0.206. The van der Waals surface area contributed by atoms with E-state index in [2.05, 4.69) is 20.9 Å². The van der Waals surface area contributed by atoms with E-state index in [0.29, 0.717) is 5.56 Å². The maximum Gasteiger partial charge on any atom is 0.255 e. The van der Waals surface area contributed by atoms with Crippen molar-refractivity contribution in [3.8, 4) is 0 Å². The molecule has 1 aromatic heterocycles. The van der Waals surface area contributed by atoms with E-state index in [-0.39, 0.29) is 11.4 Å². The summed E-state index contributed by atoms with van der Waals surface area (Å²) in [5.41, 5.74) is 1.34. The fraction of sp³-hybridized carbons (Fsp3) is 0.500. The highest BCUT2D eigenvalue weighted by Gasteiger charge is 2.27. The Balaban J connectivity index is 2.90. The average molecular weight is 285 g/mol. The zero-order chi connectivity index (χ0) is 12.3. The lowest BCUT2D eigenvalue weighted by atomic mass is 10.1. The molecule has 1 rings (SSSR count). The highest BCUT2D eigenvalue weighted by atomic mass is 79.9. The average Bonchev–Trinajstić information content (AvgIpc) is 2.28. The third kappa shape index (κ3) is 2.82. The molecule has 1 aromatic rings. The van der Waals surface area contributed by atoms with Gasteiger partial charge in [0, 0.05) is 29.8 Å². The topological polar surface area (TPSA) is 33.2 Å². The number of rotatable bonds is 3. The monoisotopic (exact) mass is 284 g/mol. The largest absolute Gasteiger partial charge is 0.336 e. The Morgan fingerprint density at radius 1 is 1.50 bits per heavy atom. The number of hydrogen-bond donors (Lipinski definition) is 0. The maximum atomic E-state index is 12.1. The molecular weight excluding hydrogens is 268 g/mol. The van der Waals surface area contributed by atoms with Gasteiger partial charge in [-0.3, -0.25) is 9.78 Å². The molecule has 0 aliphatic heterocycles. The lowest BCUT2D eigenvalue weighted by molar-refractivity contribution is 0.0663. The molecule has 88 valence electrons. The molecule has 1 amide bonds. The van der Waals surface area contributed by atoms with Gasteiger partial charge in [0.2, 0.25) is 0 Å². The fourth-order valence-electron chi connectivity index (χ4n) is 1.15. The number of amides is 1. The molecule has 0 aliphatic rings. The Bertz CT molecular complexity index is 373. The third-order valence-corrected chi connectivity index (χ3v) is 4.07. The number of carbonyl (C=O) groups is 1. The molecule has 0 saturated carbocycles. The summed E-state index contributed by atoms with van der Waals surface area (Å²) < 4.78 is 0. The summed E-state index contributed by atoms with van der Waals surface area (Å²) in [5, 5.41) is 0.738. The van der Waals surface area contributed by atoms with Crippen LogP contribution in [0.25, 0.3) is 0 Å². The van der Waals surface area contributed by atoms with Crippen LogP contribution >= 0.6 is 15.9 Å². The standard InChI is InChI=1S/C12H17BrN2O/c1-9-5-6-10(7-14-9)11(16)15(4)12(2,3)8-13/h5-7H,8H2,1-4H3. The molecule has 4 heteroatoms. The highest BCUT2D eigenvalue weighted by Crippen LogP contribution is 2.17. The van der Waals surface area contributed by atoms with Crippen molar-refractivity contribution in [3.05, 3.63) is 29.6 Å². The van der Waals surface area contributed by atoms with E-state index in [1.165, 1.54) is 0 Å². The number of carbonyl (C=O) groups excluding carboxylic acids is 1. The summed E-state index contributed by atoms with van der Waals surface area (Å²) in [7, 11) is 1.81. The van der Waals surface area contributed by atoms with E-state index in [9.17, 15) is 4.79 Å². The molecule has 1 heterocycles. The number of pyridine rings is 1. The van der Waals surface area contributed by atoms with Crippen LogP contribution in [0.4, 0.5) is 0 Å². The highest BCUT2D eigenvalue weighted by molar-refractivity contribution is 9.09. The lowest BCUT2D eigenvalue weighted by Gasteiger charge is -2.34. The van der Waals surface area contributed by atoms with Crippen molar-refractivity contribution < 1.29 is 4.79 Å². The molecule has 0 radical (unpaired) electrons. The molecule has 0 aliphatic carbocycles. The van der Waals surface area contributed by atoms with Crippen molar-refractivity contribution in [2.45, 2.75) is 26.3 Å².